The summed E-state index contributed by atoms with van der Waals surface area (Å²) in [5.74, 6) is 0.318. The molecule has 1 aromatic carbocycles. The van der Waals surface area contributed by atoms with Gasteiger partial charge in [-0.1, -0.05) is 6.07 Å². The maximum atomic E-state index is 12.4. The van der Waals surface area contributed by atoms with Crippen molar-refractivity contribution in [2.75, 3.05) is 23.3 Å². The van der Waals surface area contributed by atoms with E-state index in [2.05, 4.69) is 17.6 Å². The fourth-order valence-corrected chi connectivity index (χ4v) is 3.44. The van der Waals surface area contributed by atoms with Gasteiger partial charge >= 0.3 is 0 Å². The number of nitrogens with one attached hydrogen (secondary N) is 2. The van der Waals surface area contributed by atoms with Crippen molar-refractivity contribution < 1.29 is 9.59 Å². The Morgan fingerprint density at radius 2 is 2.17 bits per heavy atom. The number of piperidine rings is 2. The Hall–Kier alpha value is -1.59. The summed E-state index contributed by atoms with van der Waals surface area (Å²) in [7, 11) is 0. The maximum absolute atomic E-state index is 12.4. The van der Waals surface area contributed by atoms with Gasteiger partial charge in [-0.3, -0.25) is 9.59 Å². The van der Waals surface area contributed by atoms with Gasteiger partial charge in [0, 0.05) is 36.3 Å². The van der Waals surface area contributed by atoms with E-state index in [-0.39, 0.29) is 30.1 Å². The number of benzene rings is 1. The fraction of sp³-hybridized carbons (Fsp3) is 0.556. The maximum Gasteiger partial charge on any atom is 0.227 e. The van der Waals surface area contributed by atoms with Crippen molar-refractivity contribution in [1.29, 1.82) is 0 Å². The molecule has 0 bridgehead atoms. The minimum Gasteiger partial charge on any atom is -0.326 e. The molecule has 2 aliphatic rings. The Labute approximate surface area is 149 Å². The van der Waals surface area contributed by atoms with Crippen molar-refractivity contribution >= 4 is 35.6 Å². The number of hydrogen-bond donors (Lipinski definition) is 2. The molecule has 0 saturated carbocycles. The number of halogens is 1. The van der Waals surface area contributed by atoms with Gasteiger partial charge < -0.3 is 15.5 Å². The van der Waals surface area contributed by atoms with E-state index in [0.717, 1.165) is 50.1 Å². The van der Waals surface area contributed by atoms with Gasteiger partial charge in [0.1, 0.15) is 0 Å². The Kier molecular flexibility index (Phi) is 6.63. The third kappa shape index (κ3) is 4.48. The molecule has 2 amide bonds. The van der Waals surface area contributed by atoms with Crippen LogP contribution in [0.4, 0.5) is 11.4 Å². The molecule has 6 heteroatoms. The van der Waals surface area contributed by atoms with Crippen molar-refractivity contribution in [1.82, 2.24) is 5.32 Å². The molecule has 2 aliphatic heterocycles. The molecule has 1 aromatic rings. The molecule has 2 atom stereocenters. The lowest BCUT2D eigenvalue weighted by molar-refractivity contribution is -0.121. The summed E-state index contributed by atoms with van der Waals surface area (Å²) in [6, 6.07) is 8.02. The van der Waals surface area contributed by atoms with Crippen LogP contribution in [0, 0.1) is 5.92 Å². The van der Waals surface area contributed by atoms with Gasteiger partial charge in [-0.25, -0.2) is 0 Å². The standard InChI is InChI=1S/C18H25N3O2.ClH/c1-13-11-14(8-9-19-13)18(23)20-15-5-4-6-16(12-15)21-10-3-2-7-17(21)22;/h4-6,12-14,19H,2-3,7-11H2,1H3,(H,20,23);1H/t13-,14-;/m0./s1. The van der Waals surface area contributed by atoms with Gasteiger partial charge in [0.05, 0.1) is 0 Å². The number of amides is 2. The van der Waals surface area contributed by atoms with Gasteiger partial charge in [-0.05, 0) is 57.4 Å². The Bertz CT molecular complexity index is 593. The summed E-state index contributed by atoms with van der Waals surface area (Å²) in [5.41, 5.74) is 1.66. The van der Waals surface area contributed by atoms with E-state index in [1.54, 1.807) is 0 Å². The monoisotopic (exact) mass is 351 g/mol. The second kappa shape index (κ2) is 8.49. The SMILES string of the molecule is C[C@H]1C[C@@H](C(=O)Nc2cccc(N3CCCCC3=O)c2)CCN1.Cl. The van der Waals surface area contributed by atoms with E-state index >= 15 is 0 Å². The molecule has 2 saturated heterocycles. The smallest absolute Gasteiger partial charge is 0.227 e. The third-order valence-electron chi connectivity index (χ3n) is 4.74. The molecule has 3 rings (SSSR count). The molecular formula is C18H26ClN3O2. The summed E-state index contributed by atoms with van der Waals surface area (Å²) in [4.78, 5) is 26.3. The summed E-state index contributed by atoms with van der Waals surface area (Å²) >= 11 is 0. The molecule has 132 valence electrons. The highest BCUT2D eigenvalue weighted by atomic mass is 35.5. The van der Waals surface area contributed by atoms with Crippen LogP contribution in [0.2, 0.25) is 0 Å². The number of carbonyl (C=O) groups excluding carboxylic acids is 2. The summed E-state index contributed by atoms with van der Waals surface area (Å²) < 4.78 is 0. The van der Waals surface area contributed by atoms with Crippen molar-refractivity contribution in [3.8, 4) is 0 Å². The molecule has 2 N–H and O–H groups in total. The molecule has 0 spiro atoms. The lowest BCUT2D eigenvalue weighted by Gasteiger charge is -2.28. The molecule has 24 heavy (non-hydrogen) atoms. The number of anilines is 2. The van der Waals surface area contributed by atoms with Crippen LogP contribution in [0.3, 0.4) is 0 Å². The molecule has 0 aliphatic carbocycles. The van der Waals surface area contributed by atoms with Gasteiger partial charge in [0.25, 0.3) is 0 Å². The predicted molar refractivity (Wildman–Crippen MR) is 98.7 cm³/mol. The average molecular weight is 352 g/mol. The van der Waals surface area contributed by atoms with Crippen LogP contribution in [0.5, 0.6) is 0 Å². The van der Waals surface area contributed by atoms with E-state index in [1.807, 2.05) is 29.2 Å². The second-order valence-electron chi connectivity index (χ2n) is 6.62. The topological polar surface area (TPSA) is 61.4 Å². The molecule has 0 radical (unpaired) electrons. The minimum absolute atomic E-state index is 0. The molecule has 0 aromatic heterocycles. The van der Waals surface area contributed by atoms with Crippen LogP contribution in [-0.2, 0) is 9.59 Å². The third-order valence-corrected chi connectivity index (χ3v) is 4.74. The Morgan fingerprint density at radius 3 is 2.92 bits per heavy atom. The number of carbonyl (C=O) groups is 2. The fourth-order valence-electron chi connectivity index (χ4n) is 3.44. The van der Waals surface area contributed by atoms with Crippen molar-refractivity contribution in [2.45, 2.75) is 45.1 Å². The Morgan fingerprint density at radius 1 is 1.33 bits per heavy atom. The molecular weight excluding hydrogens is 326 g/mol. The second-order valence-corrected chi connectivity index (χ2v) is 6.62. The van der Waals surface area contributed by atoms with Crippen LogP contribution >= 0.6 is 12.4 Å². The predicted octanol–water partition coefficient (Wildman–Crippen LogP) is 2.95. The van der Waals surface area contributed by atoms with E-state index in [0.29, 0.717) is 12.5 Å². The van der Waals surface area contributed by atoms with Crippen molar-refractivity contribution in [3.05, 3.63) is 24.3 Å². The van der Waals surface area contributed by atoms with E-state index in [4.69, 9.17) is 0 Å². The summed E-state index contributed by atoms with van der Waals surface area (Å²) in [5, 5.41) is 6.39. The molecule has 2 heterocycles. The van der Waals surface area contributed by atoms with Gasteiger partial charge in [-0.15, -0.1) is 12.4 Å². The van der Waals surface area contributed by atoms with Crippen LogP contribution in [-0.4, -0.2) is 30.9 Å². The molecule has 5 nitrogen and oxygen atoms in total. The van der Waals surface area contributed by atoms with Crippen LogP contribution in [0.25, 0.3) is 0 Å². The van der Waals surface area contributed by atoms with E-state index in [9.17, 15) is 9.59 Å². The highest BCUT2D eigenvalue weighted by Crippen LogP contribution is 2.25. The summed E-state index contributed by atoms with van der Waals surface area (Å²) in [6.45, 7) is 3.77. The number of nitrogens with zero attached hydrogens (tertiary/aromatic N) is 1. The van der Waals surface area contributed by atoms with Crippen LogP contribution in [0.15, 0.2) is 24.3 Å². The quantitative estimate of drug-likeness (QED) is 0.880. The first-order valence-corrected chi connectivity index (χ1v) is 8.58. The highest BCUT2D eigenvalue weighted by Gasteiger charge is 2.25. The lowest BCUT2D eigenvalue weighted by atomic mass is 9.92. The van der Waals surface area contributed by atoms with Gasteiger partial charge in [-0.2, -0.15) is 0 Å². The normalized spacial score (nSPS) is 24.2. The minimum atomic E-state index is 0. The summed E-state index contributed by atoms with van der Waals surface area (Å²) in [6.07, 6.45) is 4.37. The highest BCUT2D eigenvalue weighted by molar-refractivity contribution is 5.96. The van der Waals surface area contributed by atoms with Gasteiger partial charge in [0.2, 0.25) is 11.8 Å². The Balaban J connectivity index is 0.00000208. The van der Waals surface area contributed by atoms with Gasteiger partial charge in [0.15, 0.2) is 0 Å². The van der Waals surface area contributed by atoms with Crippen molar-refractivity contribution in [3.63, 3.8) is 0 Å². The largest absolute Gasteiger partial charge is 0.326 e. The van der Waals surface area contributed by atoms with Crippen molar-refractivity contribution in [2.24, 2.45) is 5.92 Å². The van der Waals surface area contributed by atoms with E-state index in [1.165, 1.54) is 0 Å². The first kappa shape index (κ1) is 18.7. The zero-order valence-electron chi connectivity index (χ0n) is 14.1. The zero-order chi connectivity index (χ0) is 16.2. The molecule has 2 fully saturated rings. The molecule has 0 unspecified atom stereocenters. The first-order valence-electron chi connectivity index (χ1n) is 8.58. The average Bonchev–Trinajstić information content (AvgIpc) is 2.55. The lowest BCUT2D eigenvalue weighted by Crippen LogP contribution is -2.40. The van der Waals surface area contributed by atoms with E-state index < -0.39 is 0 Å². The van der Waals surface area contributed by atoms with Crippen LogP contribution in [0.1, 0.15) is 39.0 Å². The zero-order valence-corrected chi connectivity index (χ0v) is 14.9. The number of hydrogen-bond acceptors (Lipinski definition) is 3. The first-order chi connectivity index (χ1) is 11.1. The van der Waals surface area contributed by atoms with Crippen LogP contribution < -0.4 is 15.5 Å². The number of rotatable bonds is 3.